The SMILES string of the molecule is C.C.O=Cc1ccc(-c2ccccc2)cc1.O=Cc1ccc(Br)cc1.O=Cc1ccccc1.OB(O)c1ccccc1.[B]. The van der Waals surface area contributed by atoms with Crippen LogP contribution in [0, 0.1) is 0 Å². The summed E-state index contributed by atoms with van der Waals surface area (Å²) in [5, 5.41) is 17.2. The average molecular weight is 638 g/mol. The molecular formula is C35H36B2BrO5. The van der Waals surface area contributed by atoms with E-state index in [1.54, 1.807) is 48.5 Å². The van der Waals surface area contributed by atoms with Crippen LogP contribution in [-0.2, 0) is 0 Å². The number of hydrogen-bond acceptors (Lipinski definition) is 5. The van der Waals surface area contributed by atoms with Gasteiger partial charge in [0.1, 0.15) is 18.9 Å². The van der Waals surface area contributed by atoms with Crippen molar-refractivity contribution < 1.29 is 24.4 Å². The van der Waals surface area contributed by atoms with E-state index in [-0.39, 0.29) is 23.3 Å². The molecule has 0 saturated carbocycles. The zero-order chi connectivity index (χ0) is 29.0. The third-order valence-corrected chi connectivity index (χ3v) is 5.72. The number of carbonyl (C=O) groups is 3. The first-order valence-corrected chi connectivity index (χ1v) is 13.0. The molecule has 0 amide bonds. The smallest absolute Gasteiger partial charge is 0.423 e. The monoisotopic (exact) mass is 637 g/mol. The van der Waals surface area contributed by atoms with E-state index < -0.39 is 7.12 Å². The number of halogens is 1. The molecule has 0 saturated heterocycles. The summed E-state index contributed by atoms with van der Waals surface area (Å²) in [6.45, 7) is 0. The van der Waals surface area contributed by atoms with Gasteiger partial charge in [0.15, 0.2) is 0 Å². The fraction of sp³-hybridized carbons (Fsp3) is 0.0571. The van der Waals surface area contributed by atoms with Crippen LogP contribution in [0.3, 0.4) is 0 Å². The normalized spacial score (nSPS) is 8.53. The van der Waals surface area contributed by atoms with Crippen molar-refractivity contribution in [1.82, 2.24) is 0 Å². The van der Waals surface area contributed by atoms with Gasteiger partial charge in [-0.15, -0.1) is 0 Å². The lowest BCUT2D eigenvalue weighted by molar-refractivity contribution is 0.111. The van der Waals surface area contributed by atoms with Gasteiger partial charge in [-0.25, -0.2) is 0 Å². The highest BCUT2D eigenvalue weighted by Crippen LogP contribution is 2.18. The highest BCUT2D eigenvalue weighted by atomic mass is 79.9. The first-order chi connectivity index (χ1) is 19.5. The minimum Gasteiger partial charge on any atom is -0.423 e. The summed E-state index contributed by atoms with van der Waals surface area (Å²) < 4.78 is 0.994. The van der Waals surface area contributed by atoms with Crippen LogP contribution in [0.15, 0.2) is 144 Å². The molecule has 5 aromatic rings. The lowest BCUT2D eigenvalue weighted by Gasteiger charge is -2.00. The molecule has 8 heteroatoms. The zero-order valence-corrected chi connectivity index (χ0v) is 23.7. The average Bonchev–Trinajstić information content (AvgIpc) is 3.03. The second kappa shape index (κ2) is 24.3. The first-order valence-electron chi connectivity index (χ1n) is 12.2. The van der Waals surface area contributed by atoms with Gasteiger partial charge in [0, 0.05) is 29.6 Å². The summed E-state index contributed by atoms with van der Waals surface area (Å²) in [5.74, 6) is 0. The minimum atomic E-state index is -1.34. The number of carbonyl (C=O) groups excluding carboxylic acids is 3. The van der Waals surface area contributed by atoms with E-state index in [0.29, 0.717) is 16.6 Å². The Balaban J connectivity index is 0. The van der Waals surface area contributed by atoms with Crippen LogP contribution in [0.1, 0.15) is 45.9 Å². The van der Waals surface area contributed by atoms with Crippen molar-refractivity contribution in [1.29, 1.82) is 0 Å². The Kier molecular flexibility index (Phi) is 23.0. The van der Waals surface area contributed by atoms with Crippen LogP contribution >= 0.6 is 15.9 Å². The van der Waals surface area contributed by atoms with E-state index in [0.717, 1.165) is 34.5 Å². The zero-order valence-electron chi connectivity index (χ0n) is 22.2. The van der Waals surface area contributed by atoms with Gasteiger partial charge in [-0.05, 0) is 28.7 Å². The Morgan fingerprint density at radius 3 is 1.14 bits per heavy atom. The van der Waals surface area contributed by atoms with Gasteiger partial charge in [0.05, 0.1) is 0 Å². The van der Waals surface area contributed by atoms with Crippen molar-refractivity contribution in [3.05, 3.63) is 161 Å². The number of aldehydes is 3. The van der Waals surface area contributed by atoms with Gasteiger partial charge < -0.3 is 10.0 Å². The largest absolute Gasteiger partial charge is 0.488 e. The van der Waals surface area contributed by atoms with Crippen molar-refractivity contribution in [2.24, 2.45) is 0 Å². The second-order valence-electron chi connectivity index (χ2n) is 8.09. The molecule has 0 atom stereocenters. The molecule has 5 rings (SSSR count). The van der Waals surface area contributed by atoms with Gasteiger partial charge in [-0.3, -0.25) is 14.4 Å². The molecule has 219 valence electrons. The molecule has 0 unspecified atom stereocenters. The van der Waals surface area contributed by atoms with Crippen molar-refractivity contribution in [3.8, 4) is 11.1 Å². The summed E-state index contributed by atoms with van der Waals surface area (Å²) in [5.41, 5.74) is 4.98. The molecule has 0 aliphatic heterocycles. The highest BCUT2D eigenvalue weighted by Gasteiger charge is 2.07. The van der Waals surface area contributed by atoms with Gasteiger partial charge >= 0.3 is 7.12 Å². The molecule has 0 heterocycles. The fourth-order valence-electron chi connectivity index (χ4n) is 3.08. The van der Waals surface area contributed by atoms with Crippen LogP contribution in [0.5, 0.6) is 0 Å². The summed E-state index contributed by atoms with van der Waals surface area (Å²) in [6, 6.07) is 42.6. The van der Waals surface area contributed by atoms with E-state index in [2.05, 4.69) is 28.1 Å². The van der Waals surface area contributed by atoms with Gasteiger partial charge in [-0.1, -0.05) is 158 Å². The third-order valence-electron chi connectivity index (χ3n) is 5.19. The Hall–Kier alpha value is -4.36. The number of benzene rings is 5. The quantitative estimate of drug-likeness (QED) is 0.157. The molecule has 0 fully saturated rings. The maximum absolute atomic E-state index is 10.5. The molecular weight excluding hydrogens is 602 g/mol. The van der Waals surface area contributed by atoms with Gasteiger partial charge in [-0.2, -0.15) is 0 Å². The van der Waals surface area contributed by atoms with Crippen LogP contribution in [0.25, 0.3) is 11.1 Å². The molecule has 0 aliphatic rings. The van der Waals surface area contributed by atoms with E-state index in [1.165, 1.54) is 5.56 Å². The lowest BCUT2D eigenvalue weighted by Crippen LogP contribution is -2.29. The molecule has 0 aromatic heterocycles. The summed E-state index contributed by atoms with van der Waals surface area (Å²) >= 11 is 3.26. The second-order valence-corrected chi connectivity index (χ2v) is 9.00. The van der Waals surface area contributed by atoms with E-state index >= 15 is 0 Å². The van der Waals surface area contributed by atoms with Gasteiger partial charge in [0.25, 0.3) is 0 Å². The standard InChI is InChI=1S/C13H10O.C7H5BrO.C7H6O.C6H7BO2.2CH4.B/c14-10-11-6-8-13(9-7-11)12-4-2-1-3-5-12;8-7-3-1-6(5-9)2-4-7;8-6-7-4-2-1-3-5-7;8-7(9)6-4-2-1-3-5-6;;;/h1-10H;1-5H;1-6H;1-5,8-9H;2*1H4;. The van der Waals surface area contributed by atoms with E-state index in [1.807, 2.05) is 78.9 Å². The van der Waals surface area contributed by atoms with Crippen molar-refractivity contribution in [2.45, 2.75) is 14.9 Å². The maximum atomic E-state index is 10.5. The van der Waals surface area contributed by atoms with E-state index in [9.17, 15) is 14.4 Å². The Labute approximate surface area is 266 Å². The number of hydrogen-bond donors (Lipinski definition) is 2. The summed E-state index contributed by atoms with van der Waals surface area (Å²) in [6.07, 6.45) is 2.52. The van der Waals surface area contributed by atoms with Crippen LogP contribution in [0.4, 0.5) is 0 Å². The lowest BCUT2D eigenvalue weighted by atomic mass is 9.81. The Morgan fingerprint density at radius 2 is 0.791 bits per heavy atom. The Morgan fingerprint density at radius 1 is 0.465 bits per heavy atom. The summed E-state index contributed by atoms with van der Waals surface area (Å²) in [7, 11) is -1.34. The highest BCUT2D eigenvalue weighted by molar-refractivity contribution is 9.10. The van der Waals surface area contributed by atoms with Crippen molar-refractivity contribution >= 4 is 55.8 Å². The van der Waals surface area contributed by atoms with Crippen molar-refractivity contribution in [3.63, 3.8) is 0 Å². The molecule has 0 spiro atoms. The van der Waals surface area contributed by atoms with Crippen LogP contribution < -0.4 is 5.46 Å². The van der Waals surface area contributed by atoms with Crippen molar-refractivity contribution in [2.75, 3.05) is 0 Å². The maximum Gasteiger partial charge on any atom is 0.488 e. The predicted molar refractivity (Wildman–Crippen MR) is 184 cm³/mol. The molecule has 0 bridgehead atoms. The Bertz CT molecular complexity index is 1400. The number of rotatable bonds is 5. The molecule has 3 radical (unpaired) electrons. The third kappa shape index (κ3) is 16.6. The van der Waals surface area contributed by atoms with Gasteiger partial charge in [0.2, 0.25) is 0 Å². The predicted octanol–water partition coefficient (Wildman–Crippen LogP) is 7.18. The molecule has 2 N–H and O–H groups in total. The molecule has 43 heavy (non-hydrogen) atoms. The minimum absolute atomic E-state index is 0. The fourth-order valence-corrected chi connectivity index (χ4v) is 3.35. The molecule has 0 aliphatic carbocycles. The van der Waals surface area contributed by atoms with Crippen LogP contribution in [-0.4, -0.2) is 44.4 Å². The van der Waals surface area contributed by atoms with Crippen LogP contribution in [0.2, 0.25) is 0 Å². The molecule has 5 aromatic carbocycles. The topological polar surface area (TPSA) is 91.7 Å². The van der Waals surface area contributed by atoms with E-state index in [4.69, 9.17) is 10.0 Å². The molecule has 5 nitrogen and oxygen atoms in total. The summed E-state index contributed by atoms with van der Waals surface area (Å²) in [4.78, 5) is 30.6. The first kappa shape index (κ1) is 40.8.